The smallest absolute Gasteiger partial charge is 0.0656 e. The third kappa shape index (κ3) is 1.21. The van der Waals surface area contributed by atoms with E-state index in [9.17, 15) is 5.11 Å². The van der Waals surface area contributed by atoms with Crippen LogP contribution in [-0.2, 0) is 0 Å². The SMILES string of the molecule is C=C1CC[C@@H]2[C@@H]([C@H]3[C@@H]1CC[C@]3(C)O)C2(C)C. The maximum Gasteiger partial charge on any atom is 0.0656 e. The van der Waals surface area contributed by atoms with Crippen LogP contribution >= 0.6 is 0 Å². The fourth-order valence-electron chi connectivity index (χ4n) is 4.90. The van der Waals surface area contributed by atoms with Crippen molar-refractivity contribution in [3.8, 4) is 0 Å². The highest BCUT2D eigenvalue weighted by Crippen LogP contribution is 2.71. The Morgan fingerprint density at radius 3 is 2.56 bits per heavy atom. The van der Waals surface area contributed by atoms with E-state index in [1.54, 1.807) is 0 Å². The van der Waals surface area contributed by atoms with E-state index in [1.165, 1.54) is 18.4 Å². The van der Waals surface area contributed by atoms with Gasteiger partial charge in [-0.3, -0.25) is 0 Å². The summed E-state index contributed by atoms with van der Waals surface area (Å²) in [5.41, 5.74) is 1.46. The summed E-state index contributed by atoms with van der Waals surface area (Å²) >= 11 is 0. The van der Waals surface area contributed by atoms with Crippen LogP contribution in [0.15, 0.2) is 12.2 Å². The molecule has 0 aromatic carbocycles. The van der Waals surface area contributed by atoms with Crippen molar-refractivity contribution in [3.63, 3.8) is 0 Å². The molecule has 0 aliphatic heterocycles. The zero-order chi connectivity index (χ0) is 11.7. The number of fused-ring (bicyclic) bond motifs is 3. The molecule has 0 saturated heterocycles. The zero-order valence-corrected chi connectivity index (χ0v) is 10.8. The summed E-state index contributed by atoms with van der Waals surface area (Å²) in [6.45, 7) is 11.1. The Morgan fingerprint density at radius 1 is 1.19 bits per heavy atom. The lowest BCUT2D eigenvalue weighted by Gasteiger charge is -2.31. The van der Waals surface area contributed by atoms with Crippen LogP contribution < -0.4 is 0 Å². The summed E-state index contributed by atoms with van der Waals surface area (Å²) in [6, 6.07) is 0. The van der Waals surface area contributed by atoms with Crippen molar-refractivity contribution >= 4 is 0 Å². The van der Waals surface area contributed by atoms with Crippen molar-refractivity contribution in [1.82, 2.24) is 0 Å². The third-order valence-electron chi connectivity index (χ3n) is 5.94. The Morgan fingerprint density at radius 2 is 1.88 bits per heavy atom. The van der Waals surface area contributed by atoms with Crippen molar-refractivity contribution in [2.45, 2.75) is 52.1 Å². The molecule has 1 N–H and O–H groups in total. The van der Waals surface area contributed by atoms with Gasteiger partial charge >= 0.3 is 0 Å². The van der Waals surface area contributed by atoms with Gasteiger partial charge in [-0.05, 0) is 61.7 Å². The number of rotatable bonds is 0. The monoisotopic (exact) mass is 220 g/mol. The maximum atomic E-state index is 10.6. The van der Waals surface area contributed by atoms with Crippen LogP contribution in [-0.4, -0.2) is 10.7 Å². The van der Waals surface area contributed by atoms with Gasteiger partial charge in [0.1, 0.15) is 0 Å². The van der Waals surface area contributed by atoms with E-state index in [0.29, 0.717) is 17.3 Å². The summed E-state index contributed by atoms with van der Waals surface area (Å²) < 4.78 is 0. The van der Waals surface area contributed by atoms with Crippen LogP contribution in [0.3, 0.4) is 0 Å². The van der Waals surface area contributed by atoms with Gasteiger partial charge in [-0.25, -0.2) is 0 Å². The van der Waals surface area contributed by atoms with Gasteiger partial charge in [-0.2, -0.15) is 0 Å². The molecule has 3 aliphatic carbocycles. The third-order valence-corrected chi connectivity index (χ3v) is 5.94. The standard InChI is InChI=1S/C15H24O/c1-9-5-6-11-13(14(11,2)3)12-10(9)7-8-15(12,4)16/h10-13,16H,1,5-8H2,2-4H3/t10-,11-,12-,13+,15+/m1/s1. The molecule has 5 atom stereocenters. The second-order valence-electron chi connectivity index (χ2n) is 7.18. The van der Waals surface area contributed by atoms with Gasteiger partial charge in [-0.1, -0.05) is 26.0 Å². The average Bonchev–Trinajstić information content (AvgIpc) is 2.61. The molecule has 90 valence electrons. The molecule has 0 spiro atoms. The molecule has 3 aliphatic rings. The number of aliphatic hydroxyl groups is 1. The molecule has 0 aromatic rings. The highest BCUT2D eigenvalue weighted by atomic mass is 16.3. The normalized spacial score (nSPS) is 54.1. The van der Waals surface area contributed by atoms with Crippen LogP contribution in [0.2, 0.25) is 0 Å². The second kappa shape index (κ2) is 2.93. The van der Waals surface area contributed by atoms with Gasteiger partial charge in [0.05, 0.1) is 5.60 Å². The first-order valence-corrected chi connectivity index (χ1v) is 6.76. The topological polar surface area (TPSA) is 20.2 Å². The van der Waals surface area contributed by atoms with E-state index in [0.717, 1.165) is 24.7 Å². The minimum absolute atomic E-state index is 0.436. The zero-order valence-electron chi connectivity index (χ0n) is 10.8. The van der Waals surface area contributed by atoms with Crippen LogP contribution in [0, 0.1) is 29.1 Å². The molecule has 0 heterocycles. The Bertz CT molecular complexity index is 339. The van der Waals surface area contributed by atoms with Crippen LogP contribution in [0.4, 0.5) is 0 Å². The highest BCUT2D eigenvalue weighted by Gasteiger charge is 2.67. The van der Waals surface area contributed by atoms with Crippen molar-refractivity contribution in [3.05, 3.63) is 12.2 Å². The van der Waals surface area contributed by atoms with Gasteiger partial charge in [0, 0.05) is 0 Å². The largest absolute Gasteiger partial charge is 0.390 e. The van der Waals surface area contributed by atoms with E-state index < -0.39 is 5.60 Å². The fourth-order valence-corrected chi connectivity index (χ4v) is 4.90. The second-order valence-corrected chi connectivity index (χ2v) is 7.18. The molecule has 16 heavy (non-hydrogen) atoms. The maximum absolute atomic E-state index is 10.6. The molecule has 3 rings (SSSR count). The first-order valence-electron chi connectivity index (χ1n) is 6.76. The fraction of sp³-hybridized carbons (Fsp3) is 0.867. The van der Waals surface area contributed by atoms with Crippen molar-refractivity contribution in [2.24, 2.45) is 29.1 Å². The molecule has 3 fully saturated rings. The van der Waals surface area contributed by atoms with Gasteiger partial charge in [0.25, 0.3) is 0 Å². The lowest BCUT2D eigenvalue weighted by atomic mass is 9.78. The summed E-state index contributed by atoms with van der Waals surface area (Å²) in [5.74, 6) is 2.67. The Balaban J connectivity index is 1.98. The van der Waals surface area contributed by atoms with E-state index in [4.69, 9.17) is 0 Å². The average molecular weight is 220 g/mol. The van der Waals surface area contributed by atoms with Gasteiger partial charge in [0.15, 0.2) is 0 Å². The molecule has 0 aromatic heterocycles. The van der Waals surface area contributed by atoms with Gasteiger partial charge < -0.3 is 5.11 Å². The van der Waals surface area contributed by atoms with E-state index in [-0.39, 0.29) is 0 Å². The quantitative estimate of drug-likeness (QED) is 0.620. The number of hydrogen-bond acceptors (Lipinski definition) is 1. The Hall–Kier alpha value is -0.300. The molecule has 0 unspecified atom stereocenters. The molecular weight excluding hydrogens is 196 g/mol. The first kappa shape index (κ1) is 10.8. The highest BCUT2D eigenvalue weighted by molar-refractivity contribution is 5.22. The molecule has 0 bridgehead atoms. The number of hydrogen-bond donors (Lipinski definition) is 1. The lowest BCUT2D eigenvalue weighted by Crippen LogP contribution is -2.34. The van der Waals surface area contributed by atoms with E-state index in [2.05, 4.69) is 27.4 Å². The Labute approximate surface area is 98.9 Å². The van der Waals surface area contributed by atoms with Gasteiger partial charge in [0.2, 0.25) is 0 Å². The predicted molar refractivity (Wildman–Crippen MR) is 66.0 cm³/mol. The van der Waals surface area contributed by atoms with Crippen LogP contribution in [0.1, 0.15) is 46.5 Å². The van der Waals surface area contributed by atoms with Gasteiger partial charge in [-0.15, -0.1) is 0 Å². The molecule has 1 heteroatoms. The van der Waals surface area contributed by atoms with Crippen molar-refractivity contribution in [2.75, 3.05) is 0 Å². The van der Waals surface area contributed by atoms with Crippen LogP contribution in [0.25, 0.3) is 0 Å². The molecule has 3 saturated carbocycles. The van der Waals surface area contributed by atoms with E-state index >= 15 is 0 Å². The molecular formula is C15H24O. The summed E-state index contributed by atoms with van der Waals surface area (Å²) in [7, 11) is 0. The van der Waals surface area contributed by atoms with Crippen molar-refractivity contribution < 1.29 is 5.11 Å². The Kier molecular flexibility index (Phi) is 1.98. The molecule has 1 nitrogen and oxygen atoms in total. The van der Waals surface area contributed by atoms with Crippen molar-refractivity contribution in [1.29, 1.82) is 0 Å². The number of allylic oxidation sites excluding steroid dienone is 1. The van der Waals surface area contributed by atoms with Crippen LogP contribution in [0.5, 0.6) is 0 Å². The minimum atomic E-state index is -0.436. The molecule has 0 radical (unpaired) electrons. The summed E-state index contributed by atoms with van der Waals surface area (Å²) in [6.07, 6.45) is 4.64. The summed E-state index contributed by atoms with van der Waals surface area (Å²) in [5, 5.41) is 10.6. The molecule has 0 amide bonds. The summed E-state index contributed by atoms with van der Waals surface area (Å²) in [4.78, 5) is 0. The first-order chi connectivity index (χ1) is 7.36. The van der Waals surface area contributed by atoms with E-state index in [1.807, 2.05) is 0 Å². The lowest BCUT2D eigenvalue weighted by molar-refractivity contribution is -0.00137. The minimum Gasteiger partial charge on any atom is -0.390 e. The predicted octanol–water partition coefficient (Wildman–Crippen LogP) is 3.39.